The summed E-state index contributed by atoms with van der Waals surface area (Å²) in [5.41, 5.74) is 1.36. The summed E-state index contributed by atoms with van der Waals surface area (Å²) in [5, 5.41) is 8.09. The van der Waals surface area contributed by atoms with Crippen LogP contribution in [0.1, 0.15) is 24.7 Å². The second-order valence-corrected chi connectivity index (χ2v) is 5.44. The molecule has 1 atom stereocenters. The van der Waals surface area contributed by atoms with Gasteiger partial charge in [0.15, 0.2) is 0 Å². The van der Waals surface area contributed by atoms with E-state index in [1.807, 2.05) is 20.9 Å². The van der Waals surface area contributed by atoms with Crippen LogP contribution in [0.25, 0.3) is 0 Å². The van der Waals surface area contributed by atoms with Gasteiger partial charge in [-0.2, -0.15) is 5.10 Å². The van der Waals surface area contributed by atoms with E-state index < -0.39 is 0 Å². The van der Waals surface area contributed by atoms with Gasteiger partial charge in [-0.3, -0.25) is 9.48 Å². The van der Waals surface area contributed by atoms with E-state index in [0.717, 1.165) is 30.9 Å². The van der Waals surface area contributed by atoms with Gasteiger partial charge in [-0.05, 0) is 19.9 Å². The maximum Gasteiger partial charge on any atom is 0.146 e. The van der Waals surface area contributed by atoms with Crippen LogP contribution in [0.3, 0.4) is 0 Å². The number of hydrogen-bond donors (Lipinski definition) is 1. The molecule has 0 radical (unpaired) electrons. The molecule has 0 bridgehead atoms. The fourth-order valence-electron chi connectivity index (χ4n) is 2.29. The fraction of sp³-hybridized carbons (Fsp3) is 0.667. The van der Waals surface area contributed by atoms with Crippen molar-refractivity contribution < 1.29 is 4.79 Å². The molecular formula is C12H18ClN3O. The minimum atomic E-state index is -0.249. The van der Waals surface area contributed by atoms with Crippen LogP contribution in [-0.4, -0.2) is 28.7 Å². The molecule has 1 saturated heterocycles. The third-order valence-corrected chi connectivity index (χ3v) is 4.12. The highest BCUT2D eigenvalue weighted by molar-refractivity contribution is 6.32. The normalized spacial score (nSPS) is 24.2. The van der Waals surface area contributed by atoms with E-state index in [9.17, 15) is 4.79 Å². The highest BCUT2D eigenvalue weighted by Gasteiger charge is 2.36. The summed E-state index contributed by atoms with van der Waals surface area (Å²) in [6.07, 6.45) is 1.27. The van der Waals surface area contributed by atoms with Gasteiger partial charge >= 0.3 is 0 Å². The Morgan fingerprint density at radius 1 is 1.65 bits per heavy atom. The van der Waals surface area contributed by atoms with E-state index in [1.165, 1.54) is 0 Å². The quantitative estimate of drug-likeness (QED) is 0.890. The molecule has 1 aromatic heterocycles. The van der Waals surface area contributed by atoms with Crippen molar-refractivity contribution in [1.29, 1.82) is 0 Å². The van der Waals surface area contributed by atoms with Gasteiger partial charge < -0.3 is 5.32 Å². The third kappa shape index (κ3) is 2.24. The van der Waals surface area contributed by atoms with E-state index in [0.29, 0.717) is 11.4 Å². The van der Waals surface area contributed by atoms with Gasteiger partial charge in [0.2, 0.25) is 0 Å². The Hall–Kier alpha value is -0.870. The predicted molar refractivity (Wildman–Crippen MR) is 67.3 cm³/mol. The van der Waals surface area contributed by atoms with E-state index in [4.69, 9.17) is 11.6 Å². The summed E-state index contributed by atoms with van der Waals surface area (Å²) >= 11 is 6.16. The van der Waals surface area contributed by atoms with E-state index in [1.54, 1.807) is 4.68 Å². The maximum atomic E-state index is 12.3. The van der Waals surface area contributed by atoms with Gasteiger partial charge in [-0.15, -0.1) is 0 Å². The number of Topliss-reactive ketones (excluding diaryl/α,β-unsaturated/α-hetero) is 1. The molecular weight excluding hydrogens is 238 g/mol. The van der Waals surface area contributed by atoms with E-state index in [-0.39, 0.29) is 11.2 Å². The number of nitrogens with zero attached hydrogens (tertiary/aromatic N) is 2. The molecule has 5 heteroatoms. The summed E-state index contributed by atoms with van der Waals surface area (Å²) in [7, 11) is 1.83. The van der Waals surface area contributed by atoms with Gasteiger partial charge in [0.1, 0.15) is 5.78 Å². The Morgan fingerprint density at radius 3 is 2.82 bits per heavy atom. The summed E-state index contributed by atoms with van der Waals surface area (Å²) in [6, 6.07) is 0. The lowest BCUT2D eigenvalue weighted by molar-refractivity contribution is -0.126. The molecule has 1 unspecified atom stereocenters. The molecule has 1 N–H and O–H groups in total. The first-order valence-electron chi connectivity index (χ1n) is 5.86. The number of rotatable bonds is 3. The number of halogens is 1. The van der Waals surface area contributed by atoms with Crippen LogP contribution in [0.15, 0.2) is 0 Å². The number of ketones is 1. The Labute approximate surface area is 106 Å². The van der Waals surface area contributed by atoms with Crippen molar-refractivity contribution in [3.63, 3.8) is 0 Å². The Morgan fingerprint density at radius 2 is 2.35 bits per heavy atom. The largest absolute Gasteiger partial charge is 0.316 e. The zero-order valence-electron chi connectivity index (χ0n) is 10.5. The highest BCUT2D eigenvalue weighted by atomic mass is 35.5. The monoisotopic (exact) mass is 255 g/mol. The minimum absolute atomic E-state index is 0.243. The molecule has 0 aromatic carbocycles. The lowest BCUT2D eigenvalue weighted by Crippen LogP contribution is -2.32. The van der Waals surface area contributed by atoms with Crippen LogP contribution in [0.5, 0.6) is 0 Å². The lowest BCUT2D eigenvalue weighted by atomic mass is 9.83. The zero-order valence-corrected chi connectivity index (χ0v) is 11.3. The van der Waals surface area contributed by atoms with Gasteiger partial charge in [0.05, 0.1) is 22.8 Å². The first kappa shape index (κ1) is 12.6. The number of carbonyl (C=O) groups excluding carboxylic acids is 1. The molecule has 17 heavy (non-hydrogen) atoms. The fourth-order valence-corrected chi connectivity index (χ4v) is 2.52. The van der Waals surface area contributed by atoms with Gasteiger partial charge in [-0.25, -0.2) is 0 Å². The minimum Gasteiger partial charge on any atom is -0.316 e. The van der Waals surface area contributed by atoms with Crippen LogP contribution in [0.4, 0.5) is 0 Å². The predicted octanol–water partition coefficient (Wildman–Crippen LogP) is 1.49. The molecule has 1 aliphatic rings. The van der Waals surface area contributed by atoms with Crippen LogP contribution in [-0.2, 0) is 18.3 Å². The molecule has 0 aliphatic carbocycles. The molecule has 2 heterocycles. The Bertz CT molecular complexity index is 447. The Balaban J connectivity index is 2.18. The van der Waals surface area contributed by atoms with Crippen molar-refractivity contribution in [2.75, 3.05) is 13.1 Å². The smallest absolute Gasteiger partial charge is 0.146 e. The van der Waals surface area contributed by atoms with Crippen molar-refractivity contribution in [3.05, 3.63) is 16.4 Å². The number of hydrogen-bond acceptors (Lipinski definition) is 3. The van der Waals surface area contributed by atoms with E-state index in [2.05, 4.69) is 10.4 Å². The molecule has 4 nitrogen and oxygen atoms in total. The molecule has 0 spiro atoms. The Kier molecular flexibility index (Phi) is 3.27. The molecule has 94 valence electrons. The van der Waals surface area contributed by atoms with E-state index >= 15 is 0 Å². The number of nitrogens with one attached hydrogen (secondary N) is 1. The van der Waals surface area contributed by atoms with Crippen molar-refractivity contribution in [3.8, 4) is 0 Å². The number of aromatic nitrogens is 2. The molecule has 0 amide bonds. The second kappa shape index (κ2) is 4.42. The molecule has 1 fully saturated rings. The first-order chi connectivity index (χ1) is 7.94. The highest BCUT2D eigenvalue weighted by Crippen LogP contribution is 2.29. The first-order valence-corrected chi connectivity index (χ1v) is 6.24. The van der Waals surface area contributed by atoms with Gasteiger partial charge in [-0.1, -0.05) is 18.5 Å². The zero-order chi connectivity index (χ0) is 12.6. The molecule has 2 rings (SSSR count). The van der Waals surface area contributed by atoms with Crippen molar-refractivity contribution in [2.24, 2.45) is 12.5 Å². The van der Waals surface area contributed by atoms with Crippen LogP contribution in [0, 0.1) is 12.3 Å². The summed E-state index contributed by atoms with van der Waals surface area (Å²) < 4.78 is 1.71. The topological polar surface area (TPSA) is 46.9 Å². The standard InChI is InChI=1S/C12H18ClN3O/c1-8-11(13)9(16(3)15-8)6-10(17)12(2)4-5-14-7-12/h14H,4-7H2,1-3H3. The molecule has 0 saturated carbocycles. The van der Waals surface area contributed by atoms with Crippen LogP contribution < -0.4 is 5.32 Å². The summed E-state index contributed by atoms with van der Waals surface area (Å²) in [6.45, 7) is 5.56. The summed E-state index contributed by atoms with van der Waals surface area (Å²) in [4.78, 5) is 12.3. The maximum absolute atomic E-state index is 12.3. The van der Waals surface area contributed by atoms with Gasteiger partial charge in [0.25, 0.3) is 0 Å². The van der Waals surface area contributed by atoms with Gasteiger partial charge in [0, 0.05) is 19.0 Å². The van der Waals surface area contributed by atoms with Crippen LogP contribution in [0.2, 0.25) is 5.02 Å². The average molecular weight is 256 g/mol. The lowest BCUT2D eigenvalue weighted by Gasteiger charge is -2.20. The summed E-state index contributed by atoms with van der Waals surface area (Å²) in [5.74, 6) is 0.243. The third-order valence-electron chi connectivity index (χ3n) is 3.63. The number of aryl methyl sites for hydroxylation is 2. The van der Waals surface area contributed by atoms with Crippen LogP contribution >= 0.6 is 11.6 Å². The van der Waals surface area contributed by atoms with Crippen molar-refractivity contribution in [1.82, 2.24) is 15.1 Å². The average Bonchev–Trinajstić information content (AvgIpc) is 2.80. The molecule has 1 aliphatic heterocycles. The number of carbonyl (C=O) groups is 1. The second-order valence-electron chi connectivity index (χ2n) is 5.06. The SMILES string of the molecule is Cc1nn(C)c(CC(=O)C2(C)CCNC2)c1Cl. The molecule has 1 aromatic rings. The van der Waals surface area contributed by atoms with Crippen molar-refractivity contribution in [2.45, 2.75) is 26.7 Å². The van der Waals surface area contributed by atoms with Crippen molar-refractivity contribution >= 4 is 17.4 Å².